The number of rotatable bonds is 7. The van der Waals surface area contributed by atoms with Crippen LogP contribution in [0.15, 0.2) is 10.5 Å². The molecular formula is C14H24BrNS. The number of hydrogen-bond donors (Lipinski definition) is 1. The molecule has 0 spiro atoms. The molecule has 98 valence electrons. The molecule has 0 bridgehead atoms. The maximum absolute atomic E-state index is 3.65. The molecule has 1 nitrogen and oxygen atoms in total. The van der Waals surface area contributed by atoms with Crippen LogP contribution in [-0.2, 0) is 6.42 Å². The van der Waals surface area contributed by atoms with Gasteiger partial charge in [-0.1, -0.05) is 20.8 Å². The van der Waals surface area contributed by atoms with Gasteiger partial charge in [-0.3, -0.25) is 0 Å². The summed E-state index contributed by atoms with van der Waals surface area (Å²) in [7, 11) is 0. The van der Waals surface area contributed by atoms with Crippen LogP contribution >= 0.6 is 27.3 Å². The van der Waals surface area contributed by atoms with Crippen LogP contribution in [0.2, 0.25) is 0 Å². The van der Waals surface area contributed by atoms with Gasteiger partial charge in [0.1, 0.15) is 0 Å². The van der Waals surface area contributed by atoms with Crippen LogP contribution in [0.25, 0.3) is 0 Å². The van der Waals surface area contributed by atoms with Gasteiger partial charge in [0.2, 0.25) is 0 Å². The molecule has 0 saturated carbocycles. The van der Waals surface area contributed by atoms with Crippen molar-refractivity contribution in [1.82, 2.24) is 5.32 Å². The number of thiophene rings is 1. The largest absolute Gasteiger partial charge is 0.317 e. The average Bonchev–Trinajstić information content (AvgIpc) is 2.55. The standard InChI is InChI=1S/C14H24BrNS/c1-5-16-9-8-14(3,4)7-6-13-12(15)10-11(2)17-13/h10,16H,5-9H2,1-4H3. The van der Waals surface area contributed by atoms with E-state index in [1.54, 1.807) is 0 Å². The third-order valence-electron chi connectivity index (χ3n) is 3.14. The first-order valence-electron chi connectivity index (χ1n) is 6.40. The highest BCUT2D eigenvalue weighted by Gasteiger charge is 2.18. The van der Waals surface area contributed by atoms with Crippen molar-refractivity contribution >= 4 is 27.3 Å². The zero-order valence-corrected chi connectivity index (χ0v) is 13.8. The highest BCUT2D eigenvalue weighted by atomic mass is 79.9. The van der Waals surface area contributed by atoms with Crippen molar-refractivity contribution < 1.29 is 0 Å². The Balaban J connectivity index is 2.40. The summed E-state index contributed by atoms with van der Waals surface area (Å²) >= 11 is 5.57. The van der Waals surface area contributed by atoms with Crippen LogP contribution in [-0.4, -0.2) is 13.1 Å². The summed E-state index contributed by atoms with van der Waals surface area (Å²) in [4.78, 5) is 2.90. The van der Waals surface area contributed by atoms with Gasteiger partial charge in [0, 0.05) is 14.2 Å². The van der Waals surface area contributed by atoms with Gasteiger partial charge in [0.25, 0.3) is 0 Å². The quantitative estimate of drug-likeness (QED) is 0.714. The highest BCUT2D eigenvalue weighted by Crippen LogP contribution is 2.32. The van der Waals surface area contributed by atoms with Crippen LogP contribution in [0.1, 0.15) is 43.4 Å². The molecule has 0 aliphatic rings. The van der Waals surface area contributed by atoms with Crippen LogP contribution in [0.3, 0.4) is 0 Å². The minimum absolute atomic E-state index is 0.430. The first-order valence-corrected chi connectivity index (χ1v) is 8.01. The number of halogens is 1. The fourth-order valence-corrected chi connectivity index (χ4v) is 3.74. The third-order valence-corrected chi connectivity index (χ3v) is 5.22. The van der Waals surface area contributed by atoms with Crippen molar-refractivity contribution in [1.29, 1.82) is 0 Å². The molecule has 0 saturated heterocycles. The van der Waals surface area contributed by atoms with E-state index in [1.165, 1.54) is 33.5 Å². The Hall–Kier alpha value is 0.140. The second-order valence-electron chi connectivity index (χ2n) is 5.40. The number of nitrogens with one attached hydrogen (secondary N) is 1. The molecule has 1 aromatic heterocycles. The SMILES string of the molecule is CCNCCC(C)(C)CCc1sc(C)cc1Br. The average molecular weight is 318 g/mol. The van der Waals surface area contributed by atoms with Crippen LogP contribution < -0.4 is 5.32 Å². The first kappa shape index (κ1) is 15.2. The fourth-order valence-electron chi connectivity index (χ4n) is 1.88. The molecule has 0 radical (unpaired) electrons. The molecule has 0 amide bonds. The van der Waals surface area contributed by atoms with Crippen molar-refractivity contribution in [2.45, 2.75) is 47.0 Å². The molecule has 0 unspecified atom stereocenters. The first-order chi connectivity index (χ1) is 7.94. The van der Waals surface area contributed by atoms with E-state index in [0.717, 1.165) is 13.1 Å². The second kappa shape index (κ2) is 6.91. The molecule has 0 fully saturated rings. The topological polar surface area (TPSA) is 12.0 Å². The molecule has 1 N–H and O–H groups in total. The normalized spacial score (nSPS) is 12.1. The van der Waals surface area contributed by atoms with Gasteiger partial charge >= 0.3 is 0 Å². The molecule has 1 heterocycles. The summed E-state index contributed by atoms with van der Waals surface area (Å²) in [6.07, 6.45) is 3.71. The molecule has 0 aliphatic heterocycles. The lowest BCUT2D eigenvalue weighted by atomic mass is 9.84. The van der Waals surface area contributed by atoms with Gasteiger partial charge in [0.15, 0.2) is 0 Å². The molecule has 0 aromatic carbocycles. The van der Waals surface area contributed by atoms with Gasteiger partial charge in [-0.25, -0.2) is 0 Å². The van der Waals surface area contributed by atoms with Crippen molar-refractivity contribution in [3.8, 4) is 0 Å². The molecule has 0 atom stereocenters. The van der Waals surface area contributed by atoms with Crippen LogP contribution in [0.5, 0.6) is 0 Å². The van der Waals surface area contributed by atoms with Crippen molar-refractivity contribution in [2.24, 2.45) is 5.41 Å². The Kier molecular flexibility index (Phi) is 6.18. The van der Waals surface area contributed by atoms with Crippen LogP contribution in [0.4, 0.5) is 0 Å². The summed E-state index contributed by atoms with van der Waals surface area (Å²) in [5.74, 6) is 0. The van der Waals surface area contributed by atoms with Crippen molar-refractivity contribution in [3.63, 3.8) is 0 Å². The van der Waals surface area contributed by atoms with E-state index >= 15 is 0 Å². The zero-order valence-electron chi connectivity index (χ0n) is 11.4. The lowest BCUT2D eigenvalue weighted by Gasteiger charge is -2.24. The van der Waals surface area contributed by atoms with Crippen molar-refractivity contribution in [3.05, 3.63) is 20.3 Å². The molecule has 17 heavy (non-hydrogen) atoms. The van der Waals surface area contributed by atoms with E-state index in [0.29, 0.717) is 5.41 Å². The lowest BCUT2D eigenvalue weighted by Crippen LogP contribution is -2.22. The maximum Gasteiger partial charge on any atom is 0.0317 e. The van der Waals surface area contributed by atoms with E-state index in [9.17, 15) is 0 Å². The number of hydrogen-bond acceptors (Lipinski definition) is 2. The minimum Gasteiger partial charge on any atom is -0.317 e. The second-order valence-corrected chi connectivity index (χ2v) is 7.59. The molecule has 0 aliphatic carbocycles. The van der Waals surface area contributed by atoms with Gasteiger partial charge in [-0.05, 0) is 66.7 Å². The molecule has 1 rings (SSSR count). The zero-order chi connectivity index (χ0) is 12.9. The van der Waals surface area contributed by atoms with Crippen LogP contribution in [0, 0.1) is 12.3 Å². The summed E-state index contributed by atoms with van der Waals surface area (Å²) in [6, 6.07) is 2.23. The smallest absolute Gasteiger partial charge is 0.0317 e. The summed E-state index contributed by atoms with van der Waals surface area (Å²) in [5.41, 5.74) is 0.430. The predicted molar refractivity (Wildman–Crippen MR) is 82.0 cm³/mol. The third kappa shape index (κ3) is 5.54. The summed E-state index contributed by atoms with van der Waals surface area (Å²) in [6.45, 7) is 11.3. The summed E-state index contributed by atoms with van der Waals surface area (Å²) < 4.78 is 1.29. The molecular weight excluding hydrogens is 294 g/mol. The van der Waals surface area contributed by atoms with E-state index in [2.05, 4.69) is 55.0 Å². The van der Waals surface area contributed by atoms with Crippen molar-refractivity contribution in [2.75, 3.05) is 13.1 Å². The Morgan fingerprint density at radius 3 is 2.59 bits per heavy atom. The monoisotopic (exact) mass is 317 g/mol. The van der Waals surface area contributed by atoms with Gasteiger partial charge in [-0.2, -0.15) is 0 Å². The van der Waals surface area contributed by atoms with E-state index < -0.39 is 0 Å². The molecule has 1 aromatic rings. The van der Waals surface area contributed by atoms with E-state index in [1.807, 2.05) is 11.3 Å². The Bertz CT molecular complexity index is 344. The number of aryl methyl sites for hydroxylation is 2. The summed E-state index contributed by atoms with van der Waals surface area (Å²) in [5, 5.41) is 3.41. The van der Waals surface area contributed by atoms with Gasteiger partial charge in [0.05, 0.1) is 0 Å². The molecule has 3 heteroatoms. The maximum atomic E-state index is 3.65. The lowest BCUT2D eigenvalue weighted by molar-refractivity contribution is 0.304. The highest BCUT2D eigenvalue weighted by molar-refractivity contribution is 9.10. The Morgan fingerprint density at radius 1 is 1.35 bits per heavy atom. The van der Waals surface area contributed by atoms with E-state index in [4.69, 9.17) is 0 Å². The Labute approximate surface area is 118 Å². The van der Waals surface area contributed by atoms with E-state index in [-0.39, 0.29) is 0 Å². The van der Waals surface area contributed by atoms with Gasteiger partial charge in [-0.15, -0.1) is 11.3 Å². The Morgan fingerprint density at radius 2 is 2.06 bits per heavy atom. The predicted octanol–water partition coefficient (Wildman–Crippen LogP) is 4.78. The van der Waals surface area contributed by atoms with Gasteiger partial charge < -0.3 is 5.32 Å². The fraction of sp³-hybridized carbons (Fsp3) is 0.714. The minimum atomic E-state index is 0.430.